The summed E-state index contributed by atoms with van der Waals surface area (Å²) in [5.41, 5.74) is 1.24. The van der Waals surface area contributed by atoms with Gasteiger partial charge in [-0.2, -0.15) is 0 Å². The molecule has 0 bridgehead atoms. The van der Waals surface area contributed by atoms with Crippen molar-refractivity contribution in [2.45, 2.75) is 12.8 Å². The standard InChI is InChI=1S/C20H19N3O2/c24-20-16-7-1-2-8-18(16)25-19-15-21-10-9-17(19)23(20)14-6-5-13-22-11-3-4-12-22/h1-2,7-10,15H,3-4,11-14H2. The Hall–Kier alpha value is -2.84. The van der Waals surface area contributed by atoms with Gasteiger partial charge in [0, 0.05) is 6.20 Å². The number of rotatable bonds is 2. The molecule has 0 saturated carbocycles. The minimum Gasteiger partial charge on any atom is -0.453 e. The van der Waals surface area contributed by atoms with Gasteiger partial charge in [-0.3, -0.25) is 19.6 Å². The number of hydrogen-bond acceptors (Lipinski definition) is 4. The van der Waals surface area contributed by atoms with Crippen LogP contribution in [0.5, 0.6) is 11.5 Å². The molecule has 3 heterocycles. The highest BCUT2D eigenvalue weighted by atomic mass is 16.5. The van der Waals surface area contributed by atoms with Crippen molar-refractivity contribution in [2.24, 2.45) is 0 Å². The van der Waals surface area contributed by atoms with Crippen molar-refractivity contribution in [1.82, 2.24) is 9.88 Å². The van der Waals surface area contributed by atoms with Gasteiger partial charge in [0.1, 0.15) is 5.75 Å². The van der Waals surface area contributed by atoms with E-state index in [0.717, 1.165) is 19.6 Å². The molecule has 1 saturated heterocycles. The first-order chi connectivity index (χ1) is 12.3. The van der Waals surface area contributed by atoms with E-state index < -0.39 is 0 Å². The maximum Gasteiger partial charge on any atom is 0.263 e. The van der Waals surface area contributed by atoms with Crippen LogP contribution in [0.2, 0.25) is 0 Å². The largest absolute Gasteiger partial charge is 0.453 e. The topological polar surface area (TPSA) is 45.7 Å². The van der Waals surface area contributed by atoms with E-state index in [1.165, 1.54) is 12.8 Å². The minimum absolute atomic E-state index is 0.101. The third-order valence-electron chi connectivity index (χ3n) is 4.50. The molecule has 2 aliphatic heterocycles. The zero-order chi connectivity index (χ0) is 17.1. The van der Waals surface area contributed by atoms with Crippen LogP contribution in [0.1, 0.15) is 23.2 Å². The molecule has 0 atom stereocenters. The summed E-state index contributed by atoms with van der Waals surface area (Å²) in [7, 11) is 0. The van der Waals surface area contributed by atoms with Crippen molar-refractivity contribution < 1.29 is 9.53 Å². The number of aromatic nitrogens is 1. The minimum atomic E-state index is -0.101. The van der Waals surface area contributed by atoms with Gasteiger partial charge in [-0.1, -0.05) is 24.0 Å². The summed E-state index contributed by atoms with van der Waals surface area (Å²) in [5, 5.41) is 0. The maximum atomic E-state index is 13.0. The molecule has 5 nitrogen and oxygen atoms in total. The molecule has 4 rings (SSSR count). The summed E-state index contributed by atoms with van der Waals surface area (Å²) in [5.74, 6) is 7.37. The lowest BCUT2D eigenvalue weighted by molar-refractivity contribution is 0.0990. The number of carbonyl (C=O) groups excluding carboxylic acids is 1. The van der Waals surface area contributed by atoms with E-state index >= 15 is 0 Å². The molecule has 0 N–H and O–H groups in total. The van der Waals surface area contributed by atoms with Gasteiger partial charge >= 0.3 is 0 Å². The fraction of sp³-hybridized carbons (Fsp3) is 0.300. The maximum absolute atomic E-state index is 13.0. The summed E-state index contributed by atoms with van der Waals surface area (Å²) >= 11 is 0. The second kappa shape index (κ2) is 6.96. The average Bonchev–Trinajstić information content (AvgIpc) is 3.12. The summed E-state index contributed by atoms with van der Waals surface area (Å²) in [6.07, 6.45) is 5.80. The number of likely N-dealkylation sites (tertiary alicyclic amines) is 1. The van der Waals surface area contributed by atoms with Gasteiger partial charge in [0.15, 0.2) is 5.75 Å². The van der Waals surface area contributed by atoms with Gasteiger partial charge in [0.2, 0.25) is 0 Å². The molecule has 25 heavy (non-hydrogen) atoms. The van der Waals surface area contributed by atoms with E-state index in [4.69, 9.17) is 4.74 Å². The van der Waals surface area contributed by atoms with Gasteiger partial charge in [0.25, 0.3) is 5.91 Å². The zero-order valence-corrected chi connectivity index (χ0v) is 13.9. The summed E-state index contributed by atoms with van der Waals surface area (Å²) in [6.45, 7) is 3.33. The van der Waals surface area contributed by atoms with Gasteiger partial charge in [-0.15, -0.1) is 0 Å². The number of amides is 1. The Balaban J connectivity index is 1.61. The summed E-state index contributed by atoms with van der Waals surface area (Å²) in [6, 6.07) is 9.06. The van der Waals surface area contributed by atoms with Gasteiger partial charge < -0.3 is 4.74 Å². The number of para-hydroxylation sites is 1. The van der Waals surface area contributed by atoms with E-state index in [1.54, 1.807) is 35.5 Å². The van der Waals surface area contributed by atoms with Crippen LogP contribution < -0.4 is 9.64 Å². The number of anilines is 1. The van der Waals surface area contributed by atoms with Crippen LogP contribution in [0, 0.1) is 11.8 Å². The van der Waals surface area contributed by atoms with Gasteiger partial charge in [-0.05, 0) is 44.1 Å². The van der Waals surface area contributed by atoms with Crippen LogP contribution in [0.4, 0.5) is 5.69 Å². The Labute approximate surface area is 147 Å². The monoisotopic (exact) mass is 333 g/mol. The molecule has 0 aliphatic carbocycles. The molecule has 126 valence electrons. The molecule has 1 amide bonds. The van der Waals surface area contributed by atoms with Crippen molar-refractivity contribution in [2.75, 3.05) is 31.1 Å². The fourth-order valence-electron chi connectivity index (χ4n) is 3.18. The summed E-state index contributed by atoms with van der Waals surface area (Å²) in [4.78, 5) is 21.1. The lowest BCUT2D eigenvalue weighted by Crippen LogP contribution is -2.30. The van der Waals surface area contributed by atoms with E-state index in [0.29, 0.717) is 29.3 Å². The molecule has 1 fully saturated rings. The van der Waals surface area contributed by atoms with Crippen LogP contribution in [-0.4, -0.2) is 42.0 Å². The Morgan fingerprint density at radius 2 is 1.84 bits per heavy atom. The normalized spacial score (nSPS) is 16.3. The number of benzene rings is 1. The zero-order valence-electron chi connectivity index (χ0n) is 13.9. The Morgan fingerprint density at radius 3 is 2.72 bits per heavy atom. The van der Waals surface area contributed by atoms with Crippen LogP contribution in [-0.2, 0) is 0 Å². The lowest BCUT2D eigenvalue weighted by Gasteiger charge is -2.19. The molecule has 1 aromatic carbocycles. The summed E-state index contributed by atoms with van der Waals surface area (Å²) < 4.78 is 5.91. The number of pyridine rings is 1. The molecule has 1 aromatic heterocycles. The van der Waals surface area contributed by atoms with E-state index in [9.17, 15) is 4.79 Å². The van der Waals surface area contributed by atoms with Crippen molar-refractivity contribution in [1.29, 1.82) is 0 Å². The highest BCUT2D eigenvalue weighted by molar-refractivity contribution is 6.09. The van der Waals surface area contributed by atoms with Crippen LogP contribution >= 0.6 is 0 Å². The van der Waals surface area contributed by atoms with Gasteiger partial charge in [0.05, 0.1) is 30.5 Å². The van der Waals surface area contributed by atoms with E-state index in [-0.39, 0.29) is 5.91 Å². The fourth-order valence-corrected chi connectivity index (χ4v) is 3.18. The molecule has 0 radical (unpaired) electrons. The van der Waals surface area contributed by atoms with Crippen molar-refractivity contribution in [3.05, 3.63) is 48.3 Å². The first-order valence-corrected chi connectivity index (χ1v) is 8.54. The Morgan fingerprint density at radius 1 is 1.04 bits per heavy atom. The first-order valence-electron chi connectivity index (χ1n) is 8.54. The lowest BCUT2D eigenvalue weighted by atomic mass is 10.1. The number of carbonyl (C=O) groups is 1. The van der Waals surface area contributed by atoms with Crippen LogP contribution in [0.3, 0.4) is 0 Å². The third-order valence-corrected chi connectivity index (χ3v) is 4.50. The molecule has 2 aromatic rings. The smallest absolute Gasteiger partial charge is 0.263 e. The Bertz CT molecular complexity index is 847. The van der Waals surface area contributed by atoms with Crippen molar-refractivity contribution >= 4 is 11.6 Å². The molecular weight excluding hydrogens is 314 g/mol. The average molecular weight is 333 g/mol. The number of hydrogen-bond donors (Lipinski definition) is 0. The van der Waals surface area contributed by atoms with Gasteiger partial charge in [-0.25, -0.2) is 0 Å². The highest BCUT2D eigenvalue weighted by Crippen LogP contribution is 2.37. The van der Waals surface area contributed by atoms with Crippen LogP contribution in [0.25, 0.3) is 0 Å². The van der Waals surface area contributed by atoms with Crippen LogP contribution in [0.15, 0.2) is 42.7 Å². The number of ether oxygens (including phenoxy) is 1. The third kappa shape index (κ3) is 3.21. The Kier molecular flexibility index (Phi) is 4.36. The molecular formula is C20H19N3O2. The second-order valence-corrected chi connectivity index (χ2v) is 6.17. The first kappa shape index (κ1) is 15.7. The number of fused-ring (bicyclic) bond motifs is 2. The van der Waals surface area contributed by atoms with Crippen molar-refractivity contribution in [3.8, 4) is 23.3 Å². The predicted molar refractivity (Wildman–Crippen MR) is 95.9 cm³/mol. The molecule has 0 spiro atoms. The predicted octanol–water partition coefficient (Wildman–Crippen LogP) is 2.93. The number of nitrogens with zero attached hydrogens (tertiary/aromatic N) is 3. The van der Waals surface area contributed by atoms with Crippen molar-refractivity contribution in [3.63, 3.8) is 0 Å². The van der Waals surface area contributed by atoms with E-state index in [1.807, 2.05) is 12.1 Å². The second-order valence-electron chi connectivity index (χ2n) is 6.17. The molecule has 5 heteroatoms. The SMILES string of the molecule is O=C1c2ccccc2Oc2cnccc2N1CC#CCN1CCCC1. The molecule has 0 unspecified atom stereocenters. The van der Waals surface area contributed by atoms with E-state index in [2.05, 4.69) is 21.7 Å². The molecule has 2 aliphatic rings. The highest BCUT2D eigenvalue weighted by Gasteiger charge is 2.27. The quantitative estimate of drug-likeness (QED) is 0.793.